The van der Waals surface area contributed by atoms with Gasteiger partial charge in [0.25, 0.3) is 0 Å². The van der Waals surface area contributed by atoms with E-state index in [1.165, 1.54) is 0 Å². The molecule has 4 nitrogen and oxygen atoms in total. The summed E-state index contributed by atoms with van der Waals surface area (Å²) in [5.74, 6) is -1.00. The number of benzene rings is 1. The van der Waals surface area contributed by atoms with E-state index in [2.05, 4.69) is 18.7 Å². The Bertz CT molecular complexity index is 362. The van der Waals surface area contributed by atoms with Crippen molar-refractivity contribution in [1.82, 2.24) is 0 Å². The predicted octanol–water partition coefficient (Wildman–Crippen LogP) is 1.62. The zero-order valence-electron chi connectivity index (χ0n) is 9.68. The Balaban J connectivity index is 2.98. The third kappa shape index (κ3) is 2.73. The third-order valence-corrected chi connectivity index (χ3v) is 2.62. The first kappa shape index (κ1) is 12.5. The van der Waals surface area contributed by atoms with Crippen LogP contribution < -0.4 is 10.6 Å². The zero-order chi connectivity index (χ0) is 12.1. The molecule has 0 aliphatic rings. The summed E-state index contributed by atoms with van der Waals surface area (Å²) in [6.45, 7) is 5.91. The highest BCUT2D eigenvalue weighted by Gasteiger charge is 2.14. The third-order valence-electron chi connectivity index (χ3n) is 2.62. The number of aliphatic carboxylic acids is 1. The quantitative estimate of drug-likeness (QED) is 0.794. The summed E-state index contributed by atoms with van der Waals surface area (Å²) >= 11 is 0. The number of hydrogen-bond acceptors (Lipinski definition) is 3. The Morgan fingerprint density at radius 2 is 2.06 bits per heavy atom. The van der Waals surface area contributed by atoms with Crippen LogP contribution in [0.2, 0.25) is 0 Å². The number of rotatable bonds is 5. The molecule has 1 atom stereocenters. The fourth-order valence-electron chi connectivity index (χ4n) is 1.65. The molecule has 1 unspecified atom stereocenters. The molecule has 1 aromatic rings. The van der Waals surface area contributed by atoms with Crippen LogP contribution >= 0.6 is 0 Å². The van der Waals surface area contributed by atoms with Gasteiger partial charge in [-0.1, -0.05) is 12.1 Å². The predicted molar refractivity (Wildman–Crippen MR) is 64.6 cm³/mol. The summed E-state index contributed by atoms with van der Waals surface area (Å²) in [7, 11) is 0. The van der Waals surface area contributed by atoms with Crippen molar-refractivity contribution in [1.29, 1.82) is 0 Å². The molecule has 0 radical (unpaired) electrons. The molecule has 4 heteroatoms. The molecular formula is C12H18N2O2. The van der Waals surface area contributed by atoms with Crippen molar-refractivity contribution in [3.8, 4) is 0 Å². The van der Waals surface area contributed by atoms with Gasteiger partial charge in [-0.25, -0.2) is 0 Å². The van der Waals surface area contributed by atoms with Crippen LogP contribution in [0.15, 0.2) is 24.3 Å². The van der Waals surface area contributed by atoms with E-state index in [-0.39, 0.29) is 0 Å². The molecule has 0 spiro atoms. The van der Waals surface area contributed by atoms with E-state index in [1.807, 2.05) is 18.2 Å². The van der Waals surface area contributed by atoms with Crippen molar-refractivity contribution < 1.29 is 9.90 Å². The van der Waals surface area contributed by atoms with Gasteiger partial charge in [0.05, 0.1) is 0 Å². The van der Waals surface area contributed by atoms with E-state index in [4.69, 9.17) is 10.8 Å². The number of carbonyl (C=O) groups is 1. The van der Waals surface area contributed by atoms with Crippen LogP contribution in [-0.4, -0.2) is 24.2 Å². The maximum Gasteiger partial charge on any atom is 0.325 e. The van der Waals surface area contributed by atoms with Crippen molar-refractivity contribution in [2.24, 2.45) is 5.73 Å². The summed E-state index contributed by atoms with van der Waals surface area (Å²) in [4.78, 5) is 12.9. The highest BCUT2D eigenvalue weighted by molar-refractivity contribution is 5.75. The average molecular weight is 222 g/mol. The van der Waals surface area contributed by atoms with Crippen molar-refractivity contribution in [3.05, 3.63) is 29.8 Å². The second-order valence-corrected chi connectivity index (χ2v) is 3.58. The van der Waals surface area contributed by atoms with Gasteiger partial charge in [0.2, 0.25) is 0 Å². The van der Waals surface area contributed by atoms with Crippen LogP contribution in [0.4, 0.5) is 5.69 Å². The first-order valence-corrected chi connectivity index (χ1v) is 5.43. The van der Waals surface area contributed by atoms with Gasteiger partial charge in [0.15, 0.2) is 0 Å². The number of nitrogens with two attached hydrogens (primary N) is 1. The van der Waals surface area contributed by atoms with Gasteiger partial charge < -0.3 is 15.7 Å². The molecule has 0 bridgehead atoms. The molecule has 16 heavy (non-hydrogen) atoms. The van der Waals surface area contributed by atoms with E-state index >= 15 is 0 Å². The molecule has 1 rings (SSSR count). The van der Waals surface area contributed by atoms with Gasteiger partial charge in [0.1, 0.15) is 6.04 Å². The Hall–Kier alpha value is -1.55. The number of nitrogens with zero attached hydrogens (tertiary/aromatic N) is 1. The summed E-state index contributed by atoms with van der Waals surface area (Å²) in [5.41, 5.74) is 7.22. The van der Waals surface area contributed by atoms with E-state index in [9.17, 15) is 4.79 Å². The summed E-state index contributed by atoms with van der Waals surface area (Å²) in [6, 6.07) is 6.43. The second kappa shape index (κ2) is 5.51. The maximum atomic E-state index is 10.8. The van der Waals surface area contributed by atoms with E-state index in [1.54, 1.807) is 6.07 Å². The molecule has 0 aliphatic heterocycles. The smallest absolute Gasteiger partial charge is 0.325 e. The Morgan fingerprint density at radius 3 is 2.56 bits per heavy atom. The van der Waals surface area contributed by atoms with E-state index < -0.39 is 12.0 Å². The lowest BCUT2D eigenvalue weighted by molar-refractivity contribution is -0.138. The van der Waals surface area contributed by atoms with Gasteiger partial charge in [-0.15, -0.1) is 0 Å². The second-order valence-electron chi connectivity index (χ2n) is 3.58. The van der Waals surface area contributed by atoms with Gasteiger partial charge >= 0.3 is 5.97 Å². The van der Waals surface area contributed by atoms with Crippen molar-refractivity contribution in [2.45, 2.75) is 19.9 Å². The lowest BCUT2D eigenvalue weighted by Gasteiger charge is -2.22. The lowest BCUT2D eigenvalue weighted by Crippen LogP contribution is -2.24. The fourth-order valence-corrected chi connectivity index (χ4v) is 1.65. The summed E-state index contributed by atoms with van der Waals surface area (Å²) in [6.07, 6.45) is 0. The minimum absolute atomic E-state index is 0.636. The van der Waals surface area contributed by atoms with Crippen LogP contribution in [0.1, 0.15) is 25.5 Å². The molecule has 0 heterocycles. The SMILES string of the molecule is CCN(CC)c1cccc(C(N)C(=O)O)c1. The van der Waals surface area contributed by atoms with Crippen molar-refractivity contribution >= 4 is 11.7 Å². The molecule has 0 saturated carbocycles. The van der Waals surface area contributed by atoms with E-state index in [0.717, 1.165) is 18.8 Å². The van der Waals surface area contributed by atoms with Gasteiger partial charge in [-0.2, -0.15) is 0 Å². The van der Waals surface area contributed by atoms with Crippen LogP contribution in [-0.2, 0) is 4.79 Å². The van der Waals surface area contributed by atoms with Crippen LogP contribution in [0.25, 0.3) is 0 Å². The van der Waals surface area contributed by atoms with Gasteiger partial charge in [-0.3, -0.25) is 4.79 Å². The monoisotopic (exact) mass is 222 g/mol. The zero-order valence-corrected chi connectivity index (χ0v) is 9.68. The molecule has 0 aliphatic carbocycles. The molecular weight excluding hydrogens is 204 g/mol. The Morgan fingerprint density at radius 1 is 1.44 bits per heavy atom. The minimum atomic E-state index is -1.00. The lowest BCUT2D eigenvalue weighted by atomic mass is 10.1. The standard InChI is InChI=1S/C12H18N2O2/c1-3-14(4-2)10-7-5-6-9(8-10)11(13)12(15)16/h5-8,11H,3-4,13H2,1-2H3,(H,15,16). The van der Waals surface area contributed by atoms with Crippen LogP contribution in [0.5, 0.6) is 0 Å². The fraction of sp³-hybridized carbons (Fsp3) is 0.417. The van der Waals surface area contributed by atoms with Gasteiger partial charge in [0, 0.05) is 18.8 Å². The molecule has 1 aromatic carbocycles. The van der Waals surface area contributed by atoms with E-state index in [0.29, 0.717) is 5.56 Å². The first-order chi connectivity index (χ1) is 7.60. The highest BCUT2D eigenvalue weighted by atomic mass is 16.4. The highest BCUT2D eigenvalue weighted by Crippen LogP contribution is 2.19. The molecule has 0 amide bonds. The first-order valence-electron chi connectivity index (χ1n) is 5.43. The number of anilines is 1. The Labute approximate surface area is 95.7 Å². The van der Waals surface area contributed by atoms with Crippen LogP contribution in [0, 0.1) is 0 Å². The molecule has 88 valence electrons. The molecule has 0 fully saturated rings. The summed E-state index contributed by atoms with van der Waals surface area (Å²) in [5, 5.41) is 8.84. The summed E-state index contributed by atoms with van der Waals surface area (Å²) < 4.78 is 0. The Kier molecular flexibility index (Phi) is 4.31. The van der Waals surface area contributed by atoms with Gasteiger partial charge in [-0.05, 0) is 31.5 Å². The number of hydrogen-bond donors (Lipinski definition) is 2. The van der Waals surface area contributed by atoms with Crippen molar-refractivity contribution in [2.75, 3.05) is 18.0 Å². The largest absolute Gasteiger partial charge is 0.480 e. The molecule has 0 saturated heterocycles. The van der Waals surface area contributed by atoms with Crippen LogP contribution in [0.3, 0.4) is 0 Å². The molecule has 3 N–H and O–H groups in total. The normalized spacial score (nSPS) is 12.2. The van der Waals surface area contributed by atoms with Crippen molar-refractivity contribution in [3.63, 3.8) is 0 Å². The number of carboxylic acid groups (broad SMARTS) is 1. The molecule has 0 aromatic heterocycles. The minimum Gasteiger partial charge on any atom is -0.480 e. The average Bonchev–Trinajstić information content (AvgIpc) is 2.30. The maximum absolute atomic E-state index is 10.8. The number of carboxylic acids is 1. The topological polar surface area (TPSA) is 66.6 Å².